The quantitative estimate of drug-likeness (QED) is 0.747. The number of nitrogens with two attached hydrogens (primary N) is 1. The Hall–Kier alpha value is -2.82. The van der Waals surface area contributed by atoms with Gasteiger partial charge < -0.3 is 16.2 Å². The second-order valence-corrected chi connectivity index (χ2v) is 4.38. The number of carbonyl (C=O) groups is 2. The highest BCUT2D eigenvalue weighted by Gasteiger charge is 2.13. The van der Waals surface area contributed by atoms with Crippen molar-refractivity contribution in [2.75, 3.05) is 11.1 Å². The van der Waals surface area contributed by atoms with Gasteiger partial charge in [0.1, 0.15) is 0 Å². The molecule has 0 atom stereocenters. The molecule has 0 aromatic heterocycles. The predicted octanol–water partition coefficient (Wildman–Crippen LogP) is 2.53. The van der Waals surface area contributed by atoms with Gasteiger partial charge in [-0.3, -0.25) is 4.79 Å². The Balaban J connectivity index is 2.28. The molecule has 0 heterocycles. The summed E-state index contributed by atoms with van der Waals surface area (Å²) in [5.41, 5.74) is 7.84. The first-order valence-corrected chi connectivity index (χ1v) is 5.99. The largest absolute Gasteiger partial charge is 0.478 e. The number of hydrogen-bond donors (Lipinski definition) is 3. The topological polar surface area (TPSA) is 92.4 Å². The molecule has 0 spiro atoms. The van der Waals surface area contributed by atoms with Gasteiger partial charge in [-0.05, 0) is 42.8 Å². The maximum atomic E-state index is 12.1. The smallest absolute Gasteiger partial charge is 0.337 e. The van der Waals surface area contributed by atoms with E-state index in [-0.39, 0.29) is 17.2 Å². The number of hydrogen-bond acceptors (Lipinski definition) is 3. The lowest BCUT2D eigenvalue weighted by atomic mass is 10.1. The van der Waals surface area contributed by atoms with Gasteiger partial charge in [0, 0.05) is 11.3 Å². The van der Waals surface area contributed by atoms with Gasteiger partial charge in [0.25, 0.3) is 5.91 Å². The normalized spacial score (nSPS) is 10.1. The van der Waals surface area contributed by atoms with E-state index in [4.69, 9.17) is 10.8 Å². The van der Waals surface area contributed by atoms with Crippen LogP contribution in [0.5, 0.6) is 0 Å². The monoisotopic (exact) mass is 270 g/mol. The summed E-state index contributed by atoms with van der Waals surface area (Å²) < 4.78 is 0. The summed E-state index contributed by atoms with van der Waals surface area (Å²) in [7, 11) is 0. The zero-order valence-electron chi connectivity index (χ0n) is 10.9. The van der Waals surface area contributed by atoms with Gasteiger partial charge in [0.05, 0.1) is 11.3 Å². The summed E-state index contributed by atoms with van der Waals surface area (Å²) in [6.07, 6.45) is 0. The van der Waals surface area contributed by atoms with Crippen molar-refractivity contribution in [2.45, 2.75) is 6.92 Å². The Bertz CT molecular complexity index is 681. The lowest BCUT2D eigenvalue weighted by Crippen LogP contribution is -2.15. The van der Waals surface area contributed by atoms with Gasteiger partial charge in [-0.2, -0.15) is 0 Å². The first-order chi connectivity index (χ1) is 9.49. The molecule has 0 saturated carbocycles. The number of nitrogens with one attached hydrogen (secondary N) is 1. The summed E-state index contributed by atoms with van der Waals surface area (Å²) in [6.45, 7) is 1.80. The molecule has 0 radical (unpaired) electrons. The molecule has 2 aromatic carbocycles. The third kappa shape index (κ3) is 2.77. The number of carboxylic acid groups (broad SMARTS) is 1. The van der Waals surface area contributed by atoms with E-state index in [0.717, 1.165) is 5.56 Å². The summed E-state index contributed by atoms with van der Waals surface area (Å²) in [5.74, 6) is -1.46. The zero-order chi connectivity index (χ0) is 14.7. The molecule has 0 saturated heterocycles. The van der Waals surface area contributed by atoms with Crippen LogP contribution >= 0.6 is 0 Å². The van der Waals surface area contributed by atoms with Gasteiger partial charge in [-0.1, -0.05) is 12.1 Å². The minimum absolute atomic E-state index is 0.0491. The Morgan fingerprint density at radius 1 is 1.15 bits per heavy atom. The van der Waals surface area contributed by atoms with Crippen LogP contribution in [0.2, 0.25) is 0 Å². The van der Waals surface area contributed by atoms with Gasteiger partial charge in [-0.15, -0.1) is 0 Å². The number of amides is 1. The number of carbonyl (C=O) groups excluding carboxylic acids is 1. The van der Waals surface area contributed by atoms with E-state index in [9.17, 15) is 9.59 Å². The fourth-order valence-corrected chi connectivity index (χ4v) is 1.79. The van der Waals surface area contributed by atoms with Crippen molar-refractivity contribution < 1.29 is 14.7 Å². The zero-order valence-corrected chi connectivity index (χ0v) is 10.9. The van der Waals surface area contributed by atoms with Crippen molar-refractivity contribution in [3.05, 3.63) is 59.2 Å². The van der Waals surface area contributed by atoms with Gasteiger partial charge in [-0.25, -0.2) is 4.79 Å². The van der Waals surface area contributed by atoms with Crippen LogP contribution in [0.4, 0.5) is 11.4 Å². The second-order valence-electron chi connectivity index (χ2n) is 4.38. The van der Waals surface area contributed by atoms with Crippen LogP contribution in [0, 0.1) is 6.92 Å². The first-order valence-electron chi connectivity index (χ1n) is 5.99. The molecular weight excluding hydrogens is 256 g/mol. The van der Waals surface area contributed by atoms with E-state index < -0.39 is 5.97 Å². The van der Waals surface area contributed by atoms with Gasteiger partial charge in [0.15, 0.2) is 0 Å². The highest BCUT2D eigenvalue weighted by atomic mass is 16.4. The maximum absolute atomic E-state index is 12.1. The number of anilines is 2. The fourth-order valence-electron chi connectivity index (χ4n) is 1.79. The van der Waals surface area contributed by atoms with Crippen molar-refractivity contribution in [2.24, 2.45) is 0 Å². The molecule has 2 rings (SSSR count). The molecule has 1 amide bonds. The van der Waals surface area contributed by atoms with E-state index in [1.165, 1.54) is 6.07 Å². The number of para-hydroxylation sites is 1. The molecule has 0 aliphatic rings. The highest BCUT2D eigenvalue weighted by molar-refractivity contribution is 6.07. The number of benzene rings is 2. The van der Waals surface area contributed by atoms with Crippen molar-refractivity contribution in [3.63, 3.8) is 0 Å². The summed E-state index contributed by atoms with van der Waals surface area (Å²) in [4.78, 5) is 23.2. The van der Waals surface area contributed by atoms with Crippen LogP contribution in [0.1, 0.15) is 26.3 Å². The molecule has 0 bridgehead atoms. The Morgan fingerprint density at radius 2 is 1.85 bits per heavy atom. The second kappa shape index (κ2) is 5.44. The van der Waals surface area contributed by atoms with Crippen LogP contribution in [0.25, 0.3) is 0 Å². The third-order valence-electron chi connectivity index (χ3n) is 2.94. The first kappa shape index (κ1) is 13.6. The number of rotatable bonds is 3. The van der Waals surface area contributed by atoms with E-state index in [1.807, 2.05) is 0 Å². The summed E-state index contributed by atoms with van der Waals surface area (Å²) >= 11 is 0. The van der Waals surface area contributed by atoms with Crippen LogP contribution in [0.3, 0.4) is 0 Å². The minimum atomic E-state index is -1.09. The molecular formula is C15H14N2O3. The predicted molar refractivity (Wildman–Crippen MR) is 76.9 cm³/mol. The van der Waals surface area contributed by atoms with Crippen molar-refractivity contribution in [3.8, 4) is 0 Å². The standard InChI is InChI=1S/C15H14N2O3/c1-9-8-10(6-7-12(9)16)14(18)17-13-5-3-2-4-11(13)15(19)20/h2-8H,16H2,1H3,(H,17,18)(H,19,20). The molecule has 0 unspecified atom stereocenters. The number of carboxylic acids is 1. The van der Waals surface area contributed by atoms with Crippen molar-refractivity contribution in [1.82, 2.24) is 0 Å². The number of nitrogen functional groups attached to an aromatic ring is 1. The number of aryl methyl sites for hydroxylation is 1. The molecule has 0 fully saturated rings. The minimum Gasteiger partial charge on any atom is -0.478 e. The van der Waals surface area contributed by atoms with Crippen molar-refractivity contribution >= 4 is 23.3 Å². The van der Waals surface area contributed by atoms with Gasteiger partial charge in [0.2, 0.25) is 0 Å². The Labute approximate surface area is 116 Å². The fraction of sp³-hybridized carbons (Fsp3) is 0.0667. The molecule has 20 heavy (non-hydrogen) atoms. The lowest BCUT2D eigenvalue weighted by molar-refractivity contribution is 0.0698. The van der Waals surface area contributed by atoms with Gasteiger partial charge >= 0.3 is 5.97 Å². The van der Waals surface area contributed by atoms with Crippen LogP contribution in [-0.2, 0) is 0 Å². The van der Waals surface area contributed by atoms with E-state index in [1.54, 1.807) is 43.3 Å². The van der Waals surface area contributed by atoms with E-state index >= 15 is 0 Å². The molecule has 5 nitrogen and oxygen atoms in total. The average Bonchev–Trinajstić information content (AvgIpc) is 2.42. The molecule has 0 aliphatic heterocycles. The van der Waals surface area contributed by atoms with Crippen LogP contribution in [0.15, 0.2) is 42.5 Å². The SMILES string of the molecule is Cc1cc(C(=O)Nc2ccccc2C(=O)O)ccc1N. The number of aromatic carboxylic acids is 1. The van der Waals surface area contributed by atoms with Crippen molar-refractivity contribution in [1.29, 1.82) is 0 Å². The Kier molecular flexibility index (Phi) is 3.70. The average molecular weight is 270 g/mol. The summed E-state index contributed by atoms with van der Waals surface area (Å²) in [5, 5.41) is 11.7. The van der Waals surface area contributed by atoms with E-state index in [0.29, 0.717) is 11.3 Å². The van der Waals surface area contributed by atoms with E-state index in [2.05, 4.69) is 5.32 Å². The lowest BCUT2D eigenvalue weighted by Gasteiger charge is -2.09. The maximum Gasteiger partial charge on any atom is 0.337 e. The Morgan fingerprint density at radius 3 is 2.50 bits per heavy atom. The third-order valence-corrected chi connectivity index (χ3v) is 2.94. The molecule has 4 N–H and O–H groups in total. The molecule has 102 valence electrons. The molecule has 2 aromatic rings. The van der Waals surface area contributed by atoms with Crippen LogP contribution < -0.4 is 11.1 Å². The summed E-state index contributed by atoms with van der Waals surface area (Å²) in [6, 6.07) is 11.2. The highest BCUT2D eigenvalue weighted by Crippen LogP contribution is 2.18. The van der Waals surface area contributed by atoms with Crippen LogP contribution in [-0.4, -0.2) is 17.0 Å². The molecule has 0 aliphatic carbocycles. The molecule has 5 heteroatoms.